The van der Waals surface area contributed by atoms with E-state index in [1.807, 2.05) is 0 Å². The normalized spacial score (nSPS) is 18.0. The molecule has 0 saturated heterocycles. The fourth-order valence-electron chi connectivity index (χ4n) is 2.35. The minimum atomic E-state index is -0.797. The van der Waals surface area contributed by atoms with E-state index in [0.717, 1.165) is 23.9 Å². The van der Waals surface area contributed by atoms with E-state index in [4.69, 9.17) is 0 Å². The summed E-state index contributed by atoms with van der Waals surface area (Å²) in [6.45, 7) is 0.232. The van der Waals surface area contributed by atoms with E-state index >= 15 is 0 Å². The Morgan fingerprint density at radius 1 is 1.42 bits per heavy atom. The highest BCUT2D eigenvalue weighted by Crippen LogP contribution is 2.27. The molecule has 1 aromatic rings. The number of hydrogen-bond acceptors (Lipinski definition) is 4. The summed E-state index contributed by atoms with van der Waals surface area (Å²) in [5.41, 5.74) is -0.877. The lowest BCUT2D eigenvalue weighted by Gasteiger charge is -2.32. The molecule has 0 aliphatic heterocycles. The molecule has 0 bridgehead atoms. The highest BCUT2D eigenvalue weighted by Gasteiger charge is 2.29. The van der Waals surface area contributed by atoms with Crippen molar-refractivity contribution in [2.24, 2.45) is 7.05 Å². The van der Waals surface area contributed by atoms with Crippen LogP contribution < -0.4 is 10.9 Å². The molecule has 0 atom stereocenters. The Hall–Kier alpha value is -1.69. The molecular weight excluding hydrogens is 246 g/mol. The summed E-state index contributed by atoms with van der Waals surface area (Å²) in [6, 6.07) is 2.69. The molecule has 6 nitrogen and oxygen atoms in total. The van der Waals surface area contributed by atoms with Crippen LogP contribution >= 0.6 is 0 Å². The molecule has 2 N–H and O–H groups in total. The molecule has 19 heavy (non-hydrogen) atoms. The SMILES string of the molecule is Cn1nc(C(=O)NCC2(O)CCCCC2)ccc1=O. The van der Waals surface area contributed by atoms with Crippen LogP contribution in [0.1, 0.15) is 42.6 Å². The van der Waals surface area contributed by atoms with E-state index in [0.29, 0.717) is 12.8 Å². The predicted octanol–water partition coefficient (Wildman–Crippen LogP) is 0.205. The van der Waals surface area contributed by atoms with Crippen LogP contribution in [0.3, 0.4) is 0 Å². The Labute approximate surface area is 111 Å². The number of rotatable bonds is 3. The van der Waals surface area contributed by atoms with Crippen molar-refractivity contribution >= 4 is 5.91 Å². The third-order valence-corrected chi connectivity index (χ3v) is 3.56. The van der Waals surface area contributed by atoms with Crippen LogP contribution in [0.4, 0.5) is 0 Å². The minimum absolute atomic E-state index is 0.182. The molecule has 1 aliphatic rings. The molecule has 1 aliphatic carbocycles. The molecule has 2 rings (SSSR count). The van der Waals surface area contributed by atoms with Crippen molar-refractivity contribution in [3.05, 3.63) is 28.2 Å². The van der Waals surface area contributed by atoms with Gasteiger partial charge in [-0.15, -0.1) is 0 Å². The summed E-state index contributed by atoms with van der Waals surface area (Å²) in [4.78, 5) is 23.1. The molecule has 6 heteroatoms. The zero-order valence-electron chi connectivity index (χ0n) is 11.1. The van der Waals surface area contributed by atoms with E-state index in [-0.39, 0.29) is 23.7 Å². The number of nitrogens with one attached hydrogen (secondary N) is 1. The van der Waals surface area contributed by atoms with Gasteiger partial charge in [0, 0.05) is 19.7 Å². The van der Waals surface area contributed by atoms with E-state index in [2.05, 4.69) is 10.4 Å². The third-order valence-electron chi connectivity index (χ3n) is 3.56. The van der Waals surface area contributed by atoms with Crippen molar-refractivity contribution in [2.75, 3.05) is 6.54 Å². The first-order chi connectivity index (χ1) is 9.00. The van der Waals surface area contributed by atoms with Crippen LogP contribution in [0, 0.1) is 0 Å². The highest BCUT2D eigenvalue weighted by molar-refractivity contribution is 5.92. The summed E-state index contributed by atoms with van der Waals surface area (Å²) in [5.74, 6) is -0.366. The fourth-order valence-corrected chi connectivity index (χ4v) is 2.35. The number of hydrogen-bond donors (Lipinski definition) is 2. The molecule has 1 amide bonds. The summed E-state index contributed by atoms with van der Waals surface area (Å²) >= 11 is 0. The van der Waals surface area contributed by atoms with Crippen molar-refractivity contribution in [1.29, 1.82) is 0 Å². The second kappa shape index (κ2) is 5.52. The molecule has 1 fully saturated rings. The van der Waals surface area contributed by atoms with Crippen LogP contribution in [-0.2, 0) is 7.05 Å². The zero-order valence-corrected chi connectivity index (χ0v) is 11.1. The number of amides is 1. The number of carbonyl (C=O) groups is 1. The van der Waals surface area contributed by atoms with Crippen molar-refractivity contribution < 1.29 is 9.90 Å². The number of nitrogens with zero attached hydrogens (tertiary/aromatic N) is 2. The maximum atomic E-state index is 11.9. The van der Waals surface area contributed by atoms with Gasteiger partial charge >= 0.3 is 0 Å². The van der Waals surface area contributed by atoms with Crippen molar-refractivity contribution in [1.82, 2.24) is 15.1 Å². The third kappa shape index (κ3) is 3.41. The van der Waals surface area contributed by atoms with Crippen LogP contribution in [0.2, 0.25) is 0 Å². The minimum Gasteiger partial charge on any atom is -0.388 e. The van der Waals surface area contributed by atoms with Crippen LogP contribution in [0.5, 0.6) is 0 Å². The average molecular weight is 265 g/mol. The van der Waals surface area contributed by atoms with E-state index in [1.165, 1.54) is 19.2 Å². The molecule has 1 saturated carbocycles. The van der Waals surface area contributed by atoms with Crippen LogP contribution in [-0.4, -0.2) is 32.9 Å². The van der Waals surface area contributed by atoms with Gasteiger partial charge in [-0.05, 0) is 18.9 Å². The number of carbonyl (C=O) groups excluding carboxylic acids is 1. The smallest absolute Gasteiger partial charge is 0.271 e. The Balaban J connectivity index is 1.97. The average Bonchev–Trinajstić information content (AvgIpc) is 2.40. The van der Waals surface area contributed by atoms with E-state index in [9.17, 15) is 14.7 Å². The topological polar surface area (TPSA) is 84.2 Å². The quantitative estimate of drug-likeness (QED) is 0.818. The second-order valence-electron chi connectivity index (χ2n) is 5.15. The monoisotopic (exact) mass is 265 g/mol. The maximum absolute atomic E-state index is 11.9. The van der Waals surface area contributed by atoms with E-state index in [1.54, 1.807) is 0 Å². The lowest BCUT2D eigenvalue weighted by atomic mass is 9.85. The van der Waals surface area contributed by atoms with Gasteiger partial charge in [0.1, 0.15) is 5.69 Å². The van der Waals surface area contributed by atoms with Crippen molar-refractivity contribution in [2.45, 2.75) is 37.7 Å². The fraction of sp³-hybridized carbons (Fsp3) is 0.615. The molecule has 0 unspecified atom stereocenters. The summed E-state index contributed by atoms with van der Waals surface area (Å²) in [6.07, 6.45) is 4.55. The lowest BCUT2D eigenvalue weighted by molar-refractivity contribution is 0.00519. The van der Waals surface area contributed by atoms with Crippen LogP contribution in [0.15, 0.2) is 16.9 Å². The van der Waals surface area contributed by atoms with E-state index < -0.39 is 5.60 Å². The molecule has 0 spiro atoms. The standard InChI is InChI=1S/C13H19N3O3/c1-16-11(17)6-5-10(15-16)12(18)14-9-13(19)7-3-2-4-8-13/h5-6,19H,2-4,7-9H2,1H3,(H,14,18). The first kappa shape index (κ1) is 13.7. The molecule has 1 aromatic heterocycles. The maximum Gasteiger partial charge on any atom is 0.271 e. The van der Waals surface area contributed by atoms with Crippen molar-refractivity contribution in [3.8, 4) is 0 Å². The molecule has 0 aromatic carbocycles. The van der Waals surface area contributed by atoms with Crippen LogP contribution in [0.25, 0.3) is 0 Å². The van der Waals surface area contributed by atoms with Gasteiger partial charge in [-0.2, -0.15) is 5.10 Å². The number of aryl methyl sites for hydroxylation is 1. The summed E-state index contributed by atoms with van der Waals surface area (Å²) < 4.78 is 1.12. The Bertz CT molecular complexity index is 518. The molecular formula is C13H19N3O3. The Kier molecular flexibility index (Phi) is 3.99. The number of aromatic nitrogens is 2. The van der Waals surface area contributed by atoms with Crippen molar-refractivity contribution in [3.63, 3.8) is 0 Å². The lowest BCUT2D eigenvalue weighted by Crippen LogP contribution is -2.44. The van der Waals surface area contributed by atoms with Gasteiger partial charge in [-0.3, -0.25) is 9.59 Å². The predicted molar refractivity (Wildman–Crippen MR) is 69.8 cm³/mol. The largest absolute Gasteiger partial charge is 0.388 e. The van der Waals surface area contributed by atoms with Gasteiger partial charge in [-0.1, -0.05) is 19.3 Å². The molecule has 104 valence electrons. The van der Waals surface area contributed by atoms with Gasteiger partial charge in [0.25, 0.3) is 11.5 Å². The van der Waals surface area contributed by atoms with Gasteiger partial charge in [-0.25, -0.2) is 4.68 Å². The highest BCUT2D eigenvalue weighted by atomic mass is 16.3. The summed E-state index contributed by atoms with van der Waals surface area (Å²) in [5, 5.41) is 16.8. The number of aliphatic hydroxyl groups is 1. The van der Waals surface area contributed by atoms with Gasteiger partial charge < -0.3 is 10.4 Å². The van der Waals surface area contributed by atoms with Gasteiger partial charge in [0.15, 0.2) is 0 Å². The van der Waals surface area contributed by atoms with Gasteiger partial charge in [0.05, 0.1) is 5.60 Å². The van der Waals surface area contributed by atoms with Gasteiger partial charge in [0.2, 0.25) is 0 Å². The Morgan fingerprint density at radius 3 is 2.74 bits per heavy atom. The zero-order chi connectivity index (χ0) is 13.9. The molecule has 1 heterocycles. The first-order valence-electron chi connectivity index (χ1n) is 6.55. The summed E-state index contributed by atoms with van der Waals surface area (Å²) in [7, 11) is 1.49. The second-order valence-corrected chi connectivity index (χ2v) is 5.15. The Morgan fingerprint density at radius 2 is 2.11 bits per heavy atom. The first-order valence-corrected chi connectivity index (χ1v) is 6.55. The molecule has 0 radical (unpaired) electrons.